The lowest BCUT2D eigenvalue weighted by Crippen LogP contribution is -2.37. The van der Waals surface area contributed by atoms with Crippen LogP contribution in [0.25, 0.3) is 11.0 Å². The summed E-state index contributed by atoms with van der Waals surface area (Å²) in [4.78, 5) is 16.1. The van der Waals surface area contributed by atoms with E-state index in [1.54, 1.807) is 13.4 Å². The van der Waals surface area contributed by atoms with Crippen molar-refractivity contribution in [3.8, 4) is 0 Å². The summed E-state index contributed by atoms with van der Waals surface area (Å²) in [5.41, 5.74) is 1.86. The van der Waals surface area contributed by atoms with Crippen LogP contribution in [-0.2, 0) is 16.1 Å². The molecule has 0 radical (unpaired) electrons. The van der Waals surface area contributed by atoms with Gasteiger partial charge in [0.2, 0.25) is 5.91 Å². The molecule has 18 heavy (non-hydrogen) atoms. The van der Waals surface area contributed by atoms with Crippen molar-refractivity contribution in [3.63, 3.8) is 0 Å². The molecular formula is C13H17N3O2. The van der Waals surface area contributed by atoms with Gasteiger partial charge >= 0.3 is 0 Å². The second-order valence-corrected chi connectivity index (χ2v) is 4.29. The Morgan fingerprint density at radius 2 is 2.28 bits per heavy atom. The number of carbonyl (C=O) groups is 1. The monoisotopic (exact) mass is 247 g/mol. The van der Waals surface area contributed by atoms with Gasteiger partial charge in [-0.25, -0.2) is 4.98 Å². The number of methoxy groups -OCH3 is 1. The fourth-order valence-corrected chi connectivity index (χ4v) is 1.90. The molecule has 1 amide bonds. The number of nitrogens with zero attached hydrogens (tertiary/aromatic N) is 2. The zero-order valence-corrected chi connectivity index (χ0v) is 10.6. The van der Waals surface area contributed by atoms with E-state index in [0.29, 0.717) is 6.61 Å². The lowest BCUT2D eigenvalue weighted by atomic mass is 10.3. The largest absolute Gasteiger partial charge is 0.383 e. The maximum absolute atomic E-state index is 11.8. The molecule has 0 saturated carbocycles. The summed E-state index contributed by atoms with van der Waals surface area (Å²) in [7, 11) is 1.62. The number of imidazole rings is 1. The summed E-state index contributed by atoms with van der Waals surface area (Å²) in [5, 5.41) is 2.87. The number of hydrogen-bond donors (Lipinski definition) is 1. The van der Waals surface area contributed by atoms with Gasteiger partial charge in [0.1, 0.15) is 6.54 Å². The number of amides is 1. The van der Waals surface area contributed by atoms with Gasteiger partial charge in [0.25, 0.3) is 0 Å². The van der Waals surface area contributed by atoms with Crippen LogP contribution < -0.4 is 5.32 Å². The number of aromatic nitrogens is 2. The van der Waals surface area contributed by atoms with Gasteiger partial charge in [0, 0.05) is 13.2 Å². The third kappa shape index (κ3) is 2.87. The van der Waals surface area contributed by atoms with Gasteiger partial charge in [0.05, 0.1) is 24.0 Å². The Morgan fingerprint density at radius 3 is 3.06 bits per heavy atom. The van der Waals surface area contributed by atoms with Crippen molar-refractivity contribution >= 4 is 16.9 Å². The number of rotatable bonds is 5. The van der Waals surface area contributed by atoms with Gasteiger partial charge in [-0.15, -0.1) is 0 Å². The van der Waals surface area contributed by atoms with Crippen molar-refractivity contribution in [2.45, 2.75) is 19.5 Å². The Labute approximate surface area is 106 Å². The van der Waals surface area contributed by atoms with Crippen LogP contribution in [0.4, 0.5) is 0 Å². The van der Waals surface area contributed by atoms with Crippen LogP contribution in [0.15, 0.2) is 30.6 Å². The highest BCUT2D eigenvalue weighted by Crippen LogP contribution is 2.11. The molecule has 1 unspecified atom stereocenters. The third-order valence-electron chi connectivity index (χ3n) is 2.67. The Morgan fingerprint density at radius 1 is 1.50 bits per heavy atom. The molecule has 0 aliphatic rings. The van der Waals surface area contributed by atoms with E-state index < -0.39 is 0 Å². The second-order valence-electron chi connectivity index (χ2n) is 4.29. The molecule has 5 nitrogen and oxygen atoms in total. The Kier molecular flexibility index (Phi) is 3.94. The van der Waals surface area contributed by atoms with E-state index in [1.807, 2.05) is 35.8 Å². The number of ether oxygens (including phenoxy) is 1. The van der Waals surface area contributed by atoms with E-state index in [9.17, 15) is 4.79 Å². The molecule has 2 aromatic rings. The van der Waals surface area contributed by atoms with Crippen LogP contribution in [0.5, 0.6) is 0 Å². The number of nitrogens with one attached hydrogen (secondary N) is 1. The molecular weight excluding hydrogens is 230 g/mol. The molecule has 1 atom stereocenters. The molecule has 1 aromatic heterocycles. The van der Waals surface area contributed by atoms with E-state index >= 15 is 0 Å². The maximum atomic E-state index is 11.8. The average Bonchev–Trinajstić information content (AvgIpc) is 2.73. The first-order valence-corrected chi connectivity index (χ1v) is 5.89. The third-order valence-corrected chi connectivity index (χ3v) is 2.67. The van der Waals surface area contributed by atoms with Crippen molar-refractivity contribution < 1.29 is 9.53 Å². The summed E-state index contributed by atoms with van der Waals surface area (Å²) in [6, 6.07) is 7.76. The highest BCUT2D eigenvalue weighted by molar-refractivity contribution is 5.80. The summed E-state index contributed by atoms with van der Waals surface area (Å²) in [5.74, 6) is -0.0392. The topological polar surface area (TPSA) is 56.1 Å². The number of benzene rings is 1. The zero-order valence-electron chi connectivity index (χ0n) is 10.6. The van der Waals surface area contributed by atoms with E-state index in [1.165, 1.54) is 0 Å². The fraction of sp³-hybridized carbons (Fsp3) is 0.385. The van der Waals surface area contributed by atoms with Crippen LogP contribution in [0.3, 0.4) is 0 Å². The van der Waals surface area contributed by atoms with E-state index in [-0.39, 0.29) is 18.5 Å². The molecule has 5 heteroatoms. The summed E-state index contributed by atoms with van der Waals surface area (Å²) in [6.07, 6.45) is 1.69. The van der Waals surface area contributed by atoms with E-state index in [4.69, 9.17) is 4.74 Å². The molecule has 0 aliphatic carbocycles. The molecule has 1 aromatic carbocycles. The minimum Gasteiger partial charge on any atom is -0.383 e. The predicted molar refractivity (Wildman–Crippen MR) is 69.2 cm³/mol. The number of carbonyl (C=O) groups excluding carboxylic acids is 1. The molecule has 2 rings (SSSR count). The molecule has 0 fully saturated rings. The molecule has 0 saturated heterocycles. The van der Waals surface area contributed by atoms with Gasteiger partial charge in [-0.1, -0.05) is 12.1 Å². The normalized spacial score (nSPS) is 12.6. The van der Waals surface area contributed by atoms with Crippen LogP contribution in [0.1, 0.15) is 6.92 Å². The Hall–Kier alpha value is -1.88. The van der Waals surface area contributed by atoms with Crippen molar-refractivity contribution in [2.75, 3.05) is 13.7 Å². The van der Waals surface area contributed by atoms with Gasteiger partial charge in [0.15, 0.2) is 0 Å². The first-order chi connectivity index (χ1) is 8.70. The van der Waals surface area contributed by atoms with Crippen molar-refractivity contribution in [1.29, 1.82) is 0 Å². The van der Waals surface area contributed by atoms with Crippen LogP contribution in [0.2, 0.25) is 0 Å². The maximum Gasteiger partial charge on any atom is 0.240 e. The average molecular weight is 247 g/mol. The molecule has 0 aliphatic heterocycles. The first-order valence-electron chi connectivity index (χ1n) is 5.89. The summed E-state index contributed by atoms with van der Waals surface area (Å²) < 4.78 is 6.81. The lowest BCUT2D eigenvalue weighted by Gasteiger charge is -2.13. The molecule has 1 heterocycles. The molecule has 0 bridgehead atoms. The van der Waals surface area contributed by atoms with Crippen molar-refractivity contribution in [1.82, 2.24) is 14.9 Å². The number of fused-ring (bicyclic) bond motifs is 1. The molecule has 1 N–H and O–H groups in total. The summed E-state index contributed by atoms with van der Waals surface area (Å²) >= 11 is 0. The van der Waals surface area contributed by atoms with Crippen LogP contribution >= 0.6 is 0 Å². The first kappa shape index (κ1) is 12.6. The van der Waals surface area contributed by atoms with Crippen LogP contribution in [0, 0.1) is 0 Å². The molecule has 96 valence electrons. The predicted octanol–water partition coefficient (Wildman–Crippen LogP) is 1.19. The van der Waals surface area contributed by atoms with Crippen molar-refractivity contribution in [3.05, 3.63) is 30.6 Å². The fourth-order valence-electron chi connectivity index (χ4n) is 1.90. The van der Waals surface area contributed by atoms with E-state index in [0.717, 1.165) is 11.0 Å². The van der Waals surface area contributed by atoms with E-state index in [2.05, 4.69) is 10.3 Å². The lowest BCUT2D eigenvalue weighted by molar-refractivity contribution is -0.122. The minimum atomic E-state index is -0.0392. The highest BCUT2D eigenvalue weighted by atomic mass is 16.5. The molecule has 0 spiro atoms. The standard InChI is InChI=1S/C13H17N3O2/c1-10(8-18-2)15-13(17)7-16-9-14-11-5-3-4-6-12(11)16/h3-6,9-10H,7-8H2,1-2H3,(H,15,17). The second kappa shape index (κ2) is 5.64. The minimum absolute atomic E-state index is 0.0114. The number of hydrogen-bond acceptors (Lipinski definition) is 3. The smallest absolute Gasteiger partial charge is 0.240 e. The van der Waals surface area contributed by atoms with Gasteiger partial charge in [-0.2, -0.15) is 0 Å². The Bertz CT molecular complexity index is 536. The zero-order chi connectivity index (χ0) is 13.0. The quantitative estimate of drug-likeness (QED) is 0.863. The van der Waals surface area contributed by atoms with Crippen LogP contribution in [-0.4, -0.2) is 35.2 Å². The van der Waals surface area contributed by atoms with Crippen molar-refractivity contribution in [2.24, 2.45) is 0 Å². The van der Waals surface area contributed by atoms with Gasteiger partial charge < -0.3 is 14.6 Å². The highest BCUT2D eigenvalue weighted by Gasteiger charge is 2.09. The summed E-state index contributed by atoms with van der Waals surface area (Å²) in [6.45, 7) is 2.69. The SMILES string of the molecule is COCC(C)NC(=O)Cn1cnc2ccccc21. The Balaban J connectivity index is 2.03. The number of para-hydroxylation sites is 2. The van der Waals surface area contributed by atoms with Gasteiger partial charge in [-0.05, 0) is 19.1 Å². The van der Waals surface area contributed by atoms with Gasteiger partial charge in [-0.3, -0.25) is 4.79 Å².